The third-order valence-corrected chi connectivity index (χ3v) is 6.50. The molecule has 118 valence electrons. The summed E-state index contributed by atoms with van der Waals surface area (Å²) in [6.07, 6.45) is 0.402. The third kappa shape index (κ3) is 3.84. The fraction of sp³-hybridized carbons (Fsp3) is 0.625. The Morgan fingerprint density at radius 1 is 1.29 bits per heavy atom. The minimum absolute atomic E-state index is 0.116. The first-order chi connectivity index (χ1) is 9.83. The van der Waals surface area contributed by atoms with Crippen LogP contribution in [-0.4, -0.2) is 39.2 Å². The summed E-state index contributed by atoms with van der Waals surface area (Å²) >= 11 is 0. The lowest BCUT2D eigenvalue weighted by Gasteiger charge is -2.21. The summed E-state index contributed by atoms with van der Waals surface area (Å²) in [4.78, 5) is 0. The monoisotopic (exact) mass is 311 g/mol. The molecule has 0 radical (unpaired) electrons. The SMILES string of the molecule is CNC(CS(=O)(=O)C1CCOC1C)c1cc(C)cc(C)c1. The third-order valence-electron chi connectivity index (χ3n) is 4.16. The molecule has 1 aliphatic rings. The number of sulfone groups is 1. The second-order valence-corrected chi connectivity index (χ2v) is 8.26. The van der Waals surface area contributed by atoms with Crippen LogP contribution in [-0.2, 0) is 14.6 Å². The van der Waals surface area contributed by atoms with Gasteiger partial charge in [-0.3, -0.25) is 0 Å². The standard InChI is InChI=1S/C16H25NO3S/c1-11-7-12(2)9-14(8-11)15(17-4)10-21(18,19)16-5-6-20-13(16)3/h7-9,13,15-17H,5-6,10H2,1-4H3. The summed E-state index contributed by atoms with van der Waals surface area (Å²) in [6.45, 7) is 6.45. The lowest BCUT2D eigenvalue weighted by molar-refractivity contribution is 0.126. The van der Waals surface area contributed by atoms with E-state index in [0.29, 0.717) is 13.0 Å². The molecule has 0 bridgehead atoms. The van der Waals surface area contributed by atoms with Gasteiger partial charge in [0.2, 0.25) is 0 Å². The minimum Gasteiger partial charge on any atom is -0.377 e. The fourth-order valence-electron chi connectivity index (χ4n) is 3.10. The predicted octanol–water partition coefficient (Wildman–Crippen LogP) is 2.16. The van der Waals surface area contributed by atoms with Gasteiger partial charge in [0.15, 0.2) is 9.84 Å². The zero-order valence-electron chi connectivity index (χ0n) is 13.2. The Kier molecular flexibility index (Phi) is 5.07. The van der Waals surface area contributed by atoms with Gasteiger partial charge in [-0.15, -0.1) is 0 Å². The molecule has 1 aromatic rings. The molecular weight excluding hydrogens is 286 g/mol. The van der Waals surface area contributed by atoms with Crippen molar-refractivity contribution >= 4 is 9.84 Å². The van der Waals surface area contributed by atoms with Gasteiger partial charge in [0.1, 0.15) is 0 Å². The van der Waals surface area contributed by atoms with Crippen molar-refractivity contribution in [2.75, 3.05) is 19.4 Å². The number of benzene rings is 1. The lowest BCUT2D eigenvalue weighted by Crippen LogP contribution is -2.35. The van der Waals surface area contributed by atoms with Crippen molar-refractivity contribution in [3.05, 3.63) is 34.9 Å². The number of ether oxygens (including phenoxy) is 1. The maximum atomic E-state index is 12.6. The minimum atomic E-state index is -3.18. The highest BCUT2D eigenvalue weighted by molar-refractivity contribution is 7.92. The van der Waals surface area contributed by atoms with E-state index in [9.17, 15) is 8.42 Å². The van der Waals surface area contributed by atoms with Crippen LogP contribution in [0.3, 0.4) is 0 Å². The van der Waals surface area contributed by atoms with Crippen LogP contribution in [0.4, 0.5) is 0 Å². The molecule has 1 fully saturated rings. The Morgan fingerprint density at radius 3 is 2.38 bits per heavy atom. The van der Waals surface area contributed by atoms with Crippen LogP contribution in [0.2, 0.25) is 0 Å². The van der Waals surface area contributed by atoms with Crippen molar-refractivity contribution in [3.63, 3.8) is 0 Å². The van der Waals surface area contributed by atoms with Crippen LogP contribution < -0.4 is 5.32 Å². The maximum Gasteiger partial charge on any atom is 0.157 e. The van der Waals surface area contributed by atoms with Gasteiger partial charge in [-0.05, 0) is 39.8 Å². The largest absolute Gasteiger partial charge is 0.377 e. The van der Waals surface area contributed by atoms with Crippen LogP contribution in [0, 0.1) is 13.8 Å². The van der Waals surface area contributed by atoms with E-state index in [1.54, 1.807) is 0 Å². The summed E-state index contributed by atoms with van der Waals surface area (Å²) in [5, 5.41) is 2.77. The first kappa shape index (κ1) is 16.5. The highest BCUT2D eigenvalue weighted by Gasteiger charge is 2.37. The van der Waals surface area contributed by atoms with Gasteiger partial charge in [0.05, 0.1) is 17.1 Å². The van der Waals surface area contributed by atoms with E-state index >= 15 is 0 Å². The van der Waals surface area contributed by atoms with E-state index in [-0.39, 0.29) is 23.1 Å². The highest BCUT2D eigenvalue weighted by atomic mass is 32.2. The molecule has 21 heavy (non-hydrogen) atoms. The summed E-state index contributed by atoms with van der Waals surface area (Å²) in [5.41, 5.74) is 3.34. The number of aryl methyl sites for hydroxylation is 2. The molecule has 0 aliphatic carbocycles. The van der Waals surface area contributed by atoms with E-state index in [4.69, 9.17) is 4.74 Å². The van der Waals surface area contributed by atoms with Crippen molar-refractivity contribution in [2.24, 2.45) is 0 Å². The summed E-state index contributed by atoms with van der Waals surface area (Å²) in [7, 11) is -1.37. The highest BCUT2D eigenvalue weighted by Crippen LogP contribution is 2.26. The predicted molar refractivity (Wildman–Crippen MR) is 85.3 cm³/mol. The molecule has 1 heterocycles. The van der Waals surface area contributed by atoms with Gasteiger partial charge < -0.3 is 10.1 Å². The van der Waals surface area contributed by atoms with Crippen molar-refractivity contribution < 1.29 is 13.2 Å². The van der Waals surface area contributed by atoms with Crippen LogP contribution in [0.15, 0.2) is 18.2 Å². The van der Waals surface area contributed by atoms with E-state index in [0.717, 1.165) is 16.7 Å². The second-order valence-electron chi connectivity index (χ2n) is 5.99. The Labute approximate surface area is 127 Å². The van der Waals surface area contributed by atoms with Gasteiger partial charge in [-0.1, -0.05) is 29.3 Å². The van der Waals surface area contributed by atoms with Crippen molar-refractivity contribution in [3.8, 4) is 0 Å². The smallest absolute Gasteiger partial charge is 0.157 e. The summed E-state index contributed by atoms with van der Waals surface area (Å²) < 4.78 is 30.7. The van der Waals surface area contributed by atoms with E-state index in [1.807, 2.05) is 27.8 Å². The molecule has 1 aliphatic heterocycles. The molecule has 1 aromatic carbocycles. The quantitative estimate of drug-likeness (QED) is 0.905. The number of rotatable bonds is 5. The molecule has 3 atom stereocenters. The molecule has 0 saturated carbocycles. The molecule has 0 spiro atoms. The molecular formula is C16H25NO3S. The first-order valence-corrected chi connectivity index (χ1v) is 9.13. The lowest BCUT2D eigenvalue weighted by atomic mass is 10.0. The zero-order valence-corrected chi connectivity index (χ0v) is 14.0. The van der Waals surface area contributed by atoms with Gasteiger partial charge in [-0.25, -0.2) is 8.42 Å². The van der Waals surface area contributed by atoms with Crippen molar-refractivity contribution in [1.82, 2.24) is 5.32 Å². The molecule has 5 heteroatoms. The second kappa shape index (κ2) is 6.46. The molecule has 0 amide bonds. The Balaban J connectivity index is 2.22. The van der Waals surface area contributed by atoms with Gasteiger partial charge in [-0.2, -0.15) is 0 Å². The summed E-state index contributed by atoms with van der Waals surface area (Å²) in [5.74, 6) is 0.116. The van der Waals surface area contributed by atoms with E-state index in [1.165, 1.54) is 0 Å². The van der Waals surface area contributed by atoms with E-state index < -0.39 is 9.84 Å². The molecule has 3 unspecified atom stereocenters. The Bertz CT molecular complexity index is 577. The molecule has 0 aromatic heterocycles. The van der Waals surface area contributed by atoms with Gasteiger partial charge in [0, 0.05) is 12.6 Å². The van der Waals surface area contributed by atoms with Crippen molar-refractivity contribution in [2.45, 2.75) is 44.6 Å². The fourth-order valence-corrected chi connectivity index (χ4v) is 5.29. The van der Waals surface area contributed by atoms with Crippen LogP contribution in [0.25, 0.3) is 0 Å². The van der Waals surface area contributed by atoms with Crippen LogP contribution >= 0.6 is 0 Å². The molecule has 4 nitrogen and oxygen atoms in total. The molecule has 1 N–H and O–H groups in total. The van der Waals surface area contributed by atoms with Gasteiger partial charge >= 0.3 is 0 Å². The summed E-state index contributed by atoms with van der Waals surface area (Å²) in [6, 6.07) is 6.02. The Morgan fingerprint density at radius 2 is 1.90 bits per heavy atom. The van der Waals surface area contributed by atoms with E-state index in [2.05, 4.69) is 23.5 Å². The number of nitrogens with one attached hydrogen (secondary N) is 1. The first-order valence-electron chi connectivity index (χ1n) is 7.42. The number of hydrogen-bond donors (Lipinski definition) is 1. The average molecular weight is 311 g/mol. The number of hydrogen-bond acceptors (Lipinski definition) is 4. The maximum absolute atomic E-state index is 12.6. The van der Waals surface area contributed by atoms with Crippen LogP contribution in [0.1, 0.15) is 36.1 Å². The van der Waals surface area contributed by atoms with Gasteiger partial charge in [0.25, 0.3) is 0 Å². The molecule has 2 rings (SSSR count). The van der Waals surface area contributed by atoms with Crippen molar-refractivity contribution in [1.29, 1.82) is 0 Å². The van der Waals surface area contributed by atoms with Crippen LogP contribution in [0.5, 0.6) is 0 Å². The average Bonchev–Trinajstić information content (AvgIpc) is 2.82. The topological polar surface area (TPSA) is 55.4 Å². The normalized spacial score (nSPS) is 24.2. The Hall–Kier alpha value is -0.910. The molecule has 1 saturated heterocycles. The zero-order chi connectivity index (χ0) is 15.6.